The predicted molar refractivity (Wildman–Crippen MR) is 121 cm³/mol. The first kappa shape index (κ1) is 20.5. The summed E-state index contributed by atoms with van der Waals surface area (Å²) in [5.74, 6) is 0.535. The van der Waals surface area contributed by atoms with Gasteiger partial charge in [-0.2, -0.15) is 5.26 Å². The smallest absolute Gasteiger partial charge is 0.255 e. The van der Waals surface area contributed by atoms with Gasteiger partial charge in [-0.05, 0) is 55.3 Å². The number of anilines is 2. The summed E-state index contributed by atoms with van der Waals surface area (Å²) in [7, 11) is 0. The summed E-state index contributed by atoms with van der Waals surface area (Å²) in [6, 6.07) is 13.4. The molecule has 1 fully saturated rings. The number of amides is 1. The van der Waals surface area contributed by atoms with Crippen LogP contribution in [0.4, 0.5) is 11.5 Å². The normalized spacial score (nSPS) is 13.5. The van der Waals surface area contributed by atoms with Crippen LogP contribution in [-0.2, 0) is 0 Å². The maximum atomic E-state index is 12.6. The molecule has 0 aliphatic carbocycles. The summed E-state index contributed by atoms with van der Waals surface area (Å²) >= 11 is 0. The Kier molecular flexibility index (Phi) is 5.92. The third-order valence-electron chi connectivity index (χ3n) is 5.37. The molecule has 3 aromatic rings. The minimum Gasteiger partial charge on any atom is -0.353 e. The Morgan fingerprint density at radius 3 is 2.68 bits per heavy atom. The molecule has 3 heterocycles. The van der Waals surface area contributed by atoms with Crippen LogP contribution in [0.5, 0.6) is 0 Å². The molecule has 0 saturated carbocycles. The second-order valence-corrected chi connectivity index (χ2v) is 7.61. The molecule has 2 aromatic heterocycles. The lowest BCUT2D eigenvalue weighted by molar-refractivity contribution is 0.102. The van der Waals surface area contributed by atoms with Gasteiger partial charge in [0.05, 0.1) is 5.56 Å². The van der Waals surface area contributed by atoms with Crippen LogP contribution in [-0.4, -0.2) is 42.1 Å². The standard InChI is InChI=1S/C24H24N6O/c1-16-3-4-21(29-24(31)18-5-6-27-17(2)11-18)13-22(16)20-12-19(14-25)23(28-15-20)30-9-7-26-8-10-30/h3-6,11-13,15,26H,7-10H2,1-2H3,(H,29,31). The van der Waals surface area contributed by atoms with Crippen LogP contribution in [0.3, 0.4) is 0 Å². The number of benzene rings is 1. The van der Waals surface area contributed by atoms with Gasteiger partial charge in [-0.25, -0.2) is 4.98 Å². The van der Waals surface area contributed by atoms with E-state index in [4.69, 9.17) is 0 Å². The number of pyridine rings is 2. The van der Waals surface area contributed by atoms with E-state index in [-0.39, 0.29) is 5.91 Å². The van der Waals surface area contributed by atoms with E-state index in [1.54, 1.807) is 24.5 Å². The molecule has 1 saturated heterocycles. The van der Waals surface area contributed by atoms with Crippen molar-refractivity contribution in [3.63, 3.8) is 0 Å². The van der Waals surface area contributed by atoms with E-state index < -0.39 is 0 Å². The third-order valence-corrected chi connectivity index (χ3v) is 5.37. The van der Waals surface area contributed by atoms with Gasteiger partial charge in [0.1, 0.15) is 11.9 Å². The lowest BCUT2D eigenvalue weighted by Crippen LogP contribution is -2.44. The number of hydrogen-bond donors (Lipinski definition) is 2. The van der Waals surface area contributed by atoms with Crippen LogP contribution in [0.15, 0.2) is 48.8 Å². The molecule has 0 spiro atoms. The summed E-state index contributed by atoms with van der Waals surface area (Å²) in [6.07, 6.45) is 3.43. The zero-order chi connectivity index (χ0) is 21.8. The lowest BCUT2D eigenvalue weighted by Gasteiger charge is -2.29. The van der Waals surface area contributed by atoms with Crippen molar-refractivity contribution in [2.24, 2.45) is 0 Å². The Morgan fingerprint density at radius 2 is 1.94 bits per heavy atom. The van der Waals surface area contributed by atoms with Crippen LogP contribution >= 0.6 is 0 Å². The number of rotatable bonds is 4. The van der Waals surface area contributed by atoms with Crippen LogP contribution < -0.4 is 15.5 Å². The molecule has 1 aromatic carbocycles. The Balaban J connectivity index is 1.62. The molecule has 0 bridgehead atoms. The molecule has 0 unspecified atom stereocenters. The third kappa shape index (κ3) is 4.55. The molecular weight excluding hydrogens is 388 g/mol. The average molecular weight is 412 g/mol. The van der Waals surface area contributed by atoms with Crippen molar-refractivity contribution in [3.05, 3.63) is 71.2 Å². The molecule has 156 valence electrons. The van der Waals surface area contributed by atoms with Gasteiger partial charge in [-0.1, -0.05) is 6.07 Å². The first-order valence-corrected chi connectivity index (χ1v) is 10.3. The Hall–Kier alpha value is -3.76. The van der Waals surface area contributed by atoms with Crippen LogP contribution in [0.2, 0.25) is 0 Å². The highest BCUT2D eigenvalue weighted by Gasteiger charge is 2.17. The largest absolute Gasteiger partial charge is 0.353 e. The number of aryl methyl sites for hydroxylation is 2. The number of nitrogens with one attached hydrogen (secondary N) is 2. The summed E-state index contributed by atoms with van der Waals surface area (Å²) in [6.45, 7) is 7.28. The van der Waals surface area contributed by atoms with E-state index in [2.05, 4.69) is 31.6 Å². The summed E-state index contributed by atoms with van der Waals surface area (Å²) in [4.78, 5) is 23.5. The highest BCUT2D eigenvalue weighted by Crippen LogP contribution is 2.29. The number of carbonyl (C=O) groups is 1. The molecule has 7 nitrogen and oxygen atoms in total. The van der Waals surface area contributed by atoms with E-state index in [9.17, 15) is 10.1 Å². The van der Waals surface area contributed by atoms with Crippen molar-refractivity contribution in [3.8, 4) is 17.2 Å². The van der Waals surface area contributed by atoms with Crippen molar-refractivity contribution in [2.75, 3.05) is 36.4 Å². The van der Waals surface area contributed by atoms with Gasteiger partial charge in [0, 0.05) is 61.1 Å². The van der Waals surface area contributed by atoms with Crippen molar-refractivity contribution >= 4 is 17.4 Å². The van der Waals surface area contributed by atoms with E-state index >= 15 is 0 Å². The number of aromatic nitrogens is 2. The topological polar surface area (TPSA) is 93.9 Å². The van der Waals surface area contributed by atoms with Crippen LogP contribution in [0.1, 0.15) is 27.2 Å². The van der Waals surface area contributed by atoms with Crippen molar-refractivity contribution < 1.29 is 4.79 Å². The Bertz CT molecular complexity index is 1160. The zero-order valence-corrected chi connectivity index (χ0v) is 17.6. The van der Waals surface area contributed by atoms with Gasteiger partial charge in [0.2, 0.25) is 0 Å². The SMILES string of the molecule is Cc1cc(C(=O)Nc2ccc(C)c(-c3cnc(N4CCNCC4)c(C#N)c3)c2)ccn1. The second-order valence-electron chi connectivity index (χ2n) is 7.61. The van der Waals surface area contributed by atoms with Gasteiger partial charge in [-0.15, -0.1) is 0 Å². The molecule has 0 radical (unpaired) electrons. The zero-order valence-electron chi connectivity index (χ0n) is 17.6. The second kappa shape index (κ2) is 8.94. The number of piperazine rings is 1. The number of carbonyl (C=O) groups excluding carboxylic acids is 1. The minimum atomic E-state index is -0.190. The van der Waals surface area contributed by atoms with E-state index in [1.165, 1.54) is 0 Å². The molecule has 1 amide bonds. The fourth-order valence-corrected chi connectivity index (χ4v) is 3.72. The quantitative estimate of drug-likeness (QED) is 0.683. The first-order chi connectivity index (χ1) is 15.0. The van der Waals surface area contributed by atoms with Gasteiger partial charge >= 0.3 is 0 Å². The van der Waals surface area contributed by atoms with Crippen molar-refractivity contribution in [1.29, 1.82) is 5.26 Å². The predicted octanol–water partition coefficient (Wildman–Crippen LogP) is 3.29. The molecule has 4 rings (SSSR count). The van der Waals surface area contributed by atoms with Crippen molar-refractivity contribution in [1.82, 2.24) is 15.3 Å². The lowest BCUT2D eigenvalue weighted by atomic mass is 9.99. The average Bonchev–Trinajstić information content (AvgIpc) is 2.80. The Labute approximate surface area is 181 Å². The van der Waals surface area contributed by atoms with Gasteiger partial charge in [0.25, 0.3) is 5.91 Å². The highest BCUT2D eigenvalue weighted by molar-refractivity contribution is 6.04. The summed E-state index contributed by atoms with van der Waals surface area (Å²) < 4.78 is 0. The van der Waals surface area contributed by atoms with E-state index in [1.807, 2.05) is 38.1 Å². The number of nitrogens with zero attached hydrogens (tertiary/aromatic N) is 4. The van der Waals surface area contributed by atoms with Crippen molar-refractivity contribution in [2.45, 2.75) is 13.8 Å². The fourth-order valence-electron chi connectivity index (χ4n) is 3.72. The van der Waals surface area contributed by atoms with E-state index in [0.29, 0.717) is 16.8 Å². The summed E-state index contributed by atoms with van der Waals surface area (Å²) in [5.41, 5.74) is 5.41. The van der Waals surface area contributed by atoms with E-state index in [0.717, 1.165) is 54.4 Å². The minimum absolute atomic E-state index is 0.190. The maximum absolute atomic E-state index is 12.6. The fraction of sp³-hybridized carbons (Fsp3) is 0.250. The maximum Gasteiger partial charge on any atom is 0.255 e. The van der Waals surface area contributed by atoms with Gasteiger partial charge in [-0.3, -0.25) is 9.78 Å². The van der Waals surface area contributed by atoms with Gasteiger partial charge < -0.3 is 15.5 Å². The van der Waals surface area contributed by atoms with Crippen LogP contribution in [0.25, 0.3) is 11.1 Å². The highest BCUT2D eigenvalue weighted by atomic mass is 16.1. The van der Waals surface area contributed by atoms with Gasteiger partial charge in [0.15, 0.2) is 0 Å². The Morgan fingerprint density at radius 1 is 1.13 bits per heavy atom. The summed E-state index contributed by atoms with van der Waals surface area (Å²) in [5, 5.41) is 16.0. The molecule has 1 aliphatic heterocycles. The molecule has 1 aliphatic rings. The molecule has 2 N–H and O–H groups in total. The van der Waals surface area contributed by atoms with Crippen LogP contribution in [0, 0.1) is 25.2 Å². The number of nitriles is 1. The molecule has 0 atom stereocenters. The molecule has 31 heavy (non-hydrogen) atoms. The monoisotopic (exact) mass is 412 g/mol. The first-order valence-electron chi connectivity index (χ1n) is 10.3. The number of hydrogen-bond acceptors (Lipinski definition) is 6. The molecular formula is C24H24N6O. The molecule has 7 heteroatoms.